The second-order valence-corrected chi connectivity index (χ2v) is 6.11. The molecule has 26 heavy (non-hydrogen) atoms. The molecule has 1 N–H and O–H groups in total. The average molecular weight is 405 g/mol. The fourth-order valence-corrected chi connectivity index (χ4v) is 2.72. The van der Waals surface area contributed by atoms with Gasteiger partial charge in [-0.15, -0.1) is 0 Å². The van der Waals surface area contributed by atoms with Crippen molar-refractivity contribution in [3.63, 3.8) is 0 Å². The van der Waals surface area contributed by atoms with Gasteiger partial charge in [0.2, 0.25) is 6.10 Å². The zero-order chi connectivity index (χ0) is 19.1. The SMILES string of the molecule is O=C(O)C1=Cc2cc(Cl)c(Oc3ccccc3Cl)cc2O[C@@H]1C(F)(F)F. The maximum Gasteiger partial charge on any atom is 0.430 e. The van der Waals surface area contributed by atoms with E-state index < -0.39 is 23.8 Å². The van der Waals surface area contributed by atoms with Crippen LogP contribution < -0.4 is 9.47 Å². The summed E-state index contributed by atoms with van der Waals surface area (Å²) in [5.41, 5.74) is -0.833. The van der Waals surface area contributed by atoms with Crippen LogP contribution in [0, 0.1) is 0 Å². The van der Waals surface area contributed by atoms with Crippen molar-refractivity contribution >= 4 is 35.2 Å². The summed E-state index contributed by atoms with van der Waals surface area (Å²) in [6.07, 6.45) is -6.61. The van der Waals surface area contributed by atoms with Crippen molar-refractivity contribution < 1.29 is 32.5 Å². The molecule has 9 heteroatoms. The molecule has 0 unspecified atom stereocenters. The van der Waals surface area contributed by atoms with E-state index >= 15 is 0 Å². The number of carbonyl (C=O) groups is 1. The molecule has 1 aliphatic heterocycles. The second kappa shape index (κ2) is 6.74. The van der Waals surface area contributed by atoms with Crippen LogP contribution in [-0.2, 0) is 4.79 Å². The van der Waals surface area contributed by atoms with Gasteiger partial charge < -0.3 is 14.6 Å². The third-order valence-electron chi connectivity index (χ3n) is 3.50. The number of alkyl halides is 3. The molecule has 136 valence electrons. The van der Waals surface area contributed by atoms with Gasteiger partial charge in [0.05, 0.1) is 15.6 Å². The third kappa shape index (κ3) is 3.59. The first-order valence-corrected chi connectivity index (χ1v) is 7.86. The van der Waals surface area contributed by atoms with E-state index in [1.807, 2.05) is 0 Å². The van der Waals surface area contributed by atoms with Crippen molar-refractivity contribution in [3.8, 4) is 17.2 Å². The molecule has 0 radical (unpaired) electrons. The Hall–Kier alpha value is -2.38. The van der Waals surface area contributed by atoms with Crippen LogP contribution in [0.5, 0.6) is 17.2 Å². The Morgan fingerprint density at radius 3 is 2.42 bits per heavy atom. The second-order valence-electron chi connectivity index (χ2n) is 5.30. The van der Waals surface area contributed by atoms with Crippen LogP contribution in [0.15, 0.2) is 42.0 Å². The van der Waals surface area contributed by atoms with E-state index in [9.17, 15) is 18.0 Å². The van der Waals surface area contributed by atoms with Crippen molar-refractivity contribution in [2.75, 3.05) is 0 Å². The topological polar surface area (TPSA) is 55.8 Å². The zero-order valence-electron chi connectivity index (χ0n) is 12.7. The molecule has 0 spiro atoms. The summed E-state index contributed by atoms with van der Waals surface area (Å²) in [5, 5.41) is 9.36. The highest BCUT2D eigenvalue weighted by Crippen LogP contribution is 2.43. The number of carboxylic acid groups (broad SMARTS) is 1. The van der Waals surface area contributed by atoms with E-state index in [2.05, 4.69) is 0 Å². The number of hydrogen-bond acceptors (Lipinski definition) is 3. The van der Waals surface area contributed by atoms with Crippen molar-refractivity contribution in [1.29, 1.82) is 0 Å². The van der Waals surface area contributed by atoms with Gasteiger partial charge in [0.25, 0.3) is 0 Å². The first-order valence-electron chi connectivity index (χ1n) is 7.11. The van der Waals surface area contributed by atoms with Crippen LogP contribution in [0.1, 0.15) is 5.56 Å². The van der Waals surface area contributed by atoms with E-state index in [1.54, 1.807) is 24.3 Å². The van der Waals surface area contributed by atoms with Crippen LogP contribution in [0.4, 0.5) is 13.2 Å². The first-order chi connectivity index (χ1) is 12.2. The fraction of sp³-hybridized carbons (Fsp3) is 0.118. The lowest BCUT2D eigenvalue weighted by molar-refractivity contribution is -0.187. The molecule has 4 nitrogen and oxygen atoms in total. The minimum Gasteiger partial charge on any atom is -0.478 e. The largest absolute Gasteiger partial charge is 0.478 e. The summed E-state index contributed by atoms with van der Waals surface area (Å²) in [6.45, 7) is 0. The molecule has 0 bridgehead atoms. The standard InChI is InChI=1S/C17H9Cl2F3O4/c18-10-3-1-2-4-12(10)25-14-7-13-8(6-11(14)19)5-9(16(23)24)15(26-13)17(20,21)22/h1-7,15H,(H,23,24)/t15-/m0/s1. The normalized spacial score (nSPS) is 16.3. The number of halogens is 5. The van der Waals surface area contributed by atoms with Crippen LogP contribution in [0.25, 0.3) is 6.08 Å². The Morgan fingerprint density at radius 2 is 1.81 bits per heavy atom. The van der Waals surface area contributed by atoms with Crippen LogP contribution in [-0.4, -0.2) is 23.4 Å². The summed E-state index contributed by atoms with van der Waals surface area (Å²) >= 11 is 12.1. The Kier molecular flexibility index (Phi) is 4.77. The lowest BCUT2D eigenvalue weighted by atomic mass is 10.0. The molecule has 0 saturated carbocycles. The van der Waals surface area contributed by atoms with E-state index in [0.29, 0.717) is 0 Å². The molecule has 0 fully saturated rings. The zero-order valence-corrected chi connectivity index (χ0v) is 14.2. The molecular weight excluding hydrogens is 396 g/mol. The summed E-state index contributed by atoms with van der Waals surface area (Å²) in [6, 6.07) is 8.89. The minimum absolute atomic E-state index is 0.0200. The van der Waals surface area contributed by atoms with Gasteiger partial charge in [0.15, 0.2) is 0 Å². The van der Waals surface area contributed by atoms with Gasteiger partial charge in [-0.1, -0.05) is 35.3 Å². The smallest absolute Gasteiger partial charge is 0.430 e. The number of benzene rings is 2. The van der Waals surface area contributed by atoms with E-state index in [4.69, 9.17) is 37.8 Å². The third-order valence-corrected chi connectivity index (χ3v) is 4.11. The quantitative estimate of drug-likeness (QED) is 0.725. The van der Waals surface area contributed by atoms with Crippen molar-refractivity contribution in [1.82, 2.24) is 0 Å². The molecule has 1 aliphatic rings. The summed E-state index contributed by atoms with van der Waals surface area (Å²) in [5.74, 6) is -1.66. The number of aliphatic carboxylic acids is 1. The van der Waals surface area contributed by atoms with Crippen LogP contribution in [0.2, 0.25) is 10.0 Å². The number of carboxylic acids is 1. The lowest BCUT2D eigenvalue weighted by Crippen LogP contribution is -2.40. The maximum atomic E-state index is 13.1. The molecule has 0 aliphatic carbocycles. The molecule has 1 atom stereocenters. The van der Waals surface area contributed by atoms with Gasteiger partial charge in [-0.3, -0.25) is 0 Å². The van der Waals surface area contributed by atoms with E-state index in [1.165, 1.54) is 6.07 Å². The van der Waals surface area contributed by atoms with Crippen molar-refractivity contribution in [2.45, 2.75) is 12.3 Å². The molecule has 3 rings (SSSR count). The van der Waals surface area contributed by atoms with Gasteiger partial charge in [-0.05, 0) is 24.3 Å². The number of rotatable bonds is 3. The molecular formula is C17H9Cl2F3O4. The van der Waals surface area contributed by atoms with Crippen LogP contribution >= 0.6 is 23.2 Å². The predicted molar refractivity (Wildman–Crippen MR) is 89.1 cm³/mol. The van der Waals surface area contributed by atoms with Crippen molar-refractivity contribution in [2.24, 2.45) is 0 Å². The summed E-state index contributed by atoms with van der Waals surface area (Å²) in [7, 11) is 0. The Bertz CT molecular complexity index is 909. The Balaban J connectivity index is 2.03. The number of ether oxygens (including phenoxy) is 2. The summed E-state index contributed by atoms with van der Waals surface area (Å²) in [4.78, 5) is 11.1. The highest BCUT2D eigenvalue weighted by Gasteiger charge is 2.48. The average Bonchev–Trinajstić information content (AvgIpc) is 2.55. The van der Waals surface area contributed by atoms with E-state index in [0.717, 1.165) is 12.1 Å². The predicted octanol–water partition coefficient (Wildman–Crippen LogP) is 5.58. The van der Waals surface area contributed by atoms with Crippen molar-refractivity contribution in [3.05, 3.63) is 57.6 Å². The first kappa shape index (κ1) is 18.4. The van der Waals surface area contributed by atoms with Gasteiger partial charge in [-0.25, -0.2) is 4.79 Å². The monoisotopic (exact) mass is 404 g/mol. The molecule has 2 aromatic rings. The molecule has 0 saturated heterocycles. The molecule has 2 aromatic carbocycles. The summed E-state index contributed by atoms with van der Waals surface area (Å²) < 4.78 is 49.8. The van der Waals surface area contributed by atoms with Gasteiger partial charge >= 0.3 is 12.1 Å². The highest BCUT2D eigenvalue weighted by atomic mass is 35.5. The lowest BCUT2D eigenvalue weighted by Gasteiger charge is -2.27. The number of fused-ring (bicyclic) bond motifs is 1. The maximum absolute atomic E-state index is 13.1. The van der Waals surface area contributed by atoms with Crippen LogP contribution in [0.3, 0.4) is 0 Å². The van der Waals surface area contributed by atoms with E-state index in [-0.39, 0.29) is 32.9 Å². The molecule has 0 aromatic heterocycles. The minimum atomic E-state index is -4.90. The molecule has 1 heterocycles. The van der Waals surface area contributed by atoms with Gasteiger partial charge in [-0.2, -0.15) is 13.2 Å². The molecule has 0 amide bonds. The fourth-order valence-electron chi connectivity index (χ4n) is 2.34. The number of hydrogen-bond donors (Lipinski definition) is 1. The Morgan fingerprint density at radius 1 is 1.12 bits per heavy atom. The highest BCUT2D eigenvalue weighted by molar-refractivity contribution is 6.33. The Labute approximate surface area is 155 Å². The number of para-hydroxylation sites is 1. The van der Waals surface area contributed by atoms with Gasteiger partial charge in [0.1, 0.15) is 17.2 Å². The van der Waals surface area contributed by atoms with Gasteiger partial charge in [0, 0.05) is 11.6 Å².